The maximum Gasteiger partial charge on any atom is 0.410 e. The molecule has 6 nitrogen and oxygen atoms in total. The van der Waals surface area contributed by atoms with Crippen LogP contribution in [-0.4, -0.2) is 50.0 Å². The van der Waals surface area contributed by atoms with E-state index >= 15 is 0 Å². The highest BCUT2D eigenvalue weighted by Gasteiger charge is 2.36. The summed E-state index contributed by atoms with van der Waals surface area (Å²) in [6.07, 6.45) is 0.581. The monoisotopic (exact) mass is 279 g/mol. The van der Waals surface area contributed by atoms with Crippen molar-refractivity contribution >= 4 is 16.2 Å². The maximum absolute atomic E-state index is 11.9. The van der Waals surface area contributed by atoms with Crippen LogP contribution in [0.2, 0.25) is 0 Å². The Hall–Kier alpha value is -0.820. The fourth-order valence-corrected chi connectivity index (χ4v) is 2.51. The zero-order chi connectivity index (χ0) is 14.1. The molecule has 0 aromatic rings. The van der Waals surface area contributed by atoms with Crippen LogP contribution in [0.1, 0.15) is 34.1 Å². The Bertz CT molecular complexity index is 412. The van der Waals surface area contributed by atoms with Crippen LogP contribution in [0.25, 0.3) is 0 Å². The number of nitrogens with zero attached hydrogens (tertiary/aromatic N) is 1. The second kappa shape index (κ2) is 5.05. The fourth-order valence-electron chi connectivity index (χ4n) is 1.87. The van der Waals surface area contributed by atoms with Gasteiger partial charge in [-0.05, 0) is 34.1 Å². The van der Waals surface area contributed by atoms with Crippen LogP contribution in [0, 0.1) is 0 Å². The van der Waals surface area contributed by atoms with Gasteiger partial charge in [0.15, 0.2) is 0 Å². The Balaban J connectivity index is 2.62. The summed E-state index contributed by atoms with van der Waals surface area (Å²) in [5.74, 6) is 0. The van der Waals surface area contributed by atoms with Gasteiger partial charge in [0.05, 0.1) is 18.9 Å². The van der Waals surface area contributed by atoms with Gasteiger partial charge in [0.25, 0.3) is 10.1 Å². The normalized spacial score (nSPS) is 25.3. The van der Waals surface area contributed by atoms with Gasteiger partial charge in [-0.1, -0.05) is 0 Å². The lowest BCUT2D eigenvalue weighted by molar-refractivity contribution is 0.0224. The lowest BCUT2D eigenvalue weighted by atomic mass is 10.2. The molecule has 0 spiro atoms. The molecular formula is C11H21NO5S. The second-order valence-corrected chi connectivity index (χ2v) is 7.24. The molecule has 2 atom stereocenters. The van der Waals surface area contributed by atoms with Crippen LogP contribution < -0.4 is 0 Å². The molecule has 106 valence electrons. The number of rotatable bonds is 2. The number of carbonyl (C=O) groups excluding carboxylic acids is 1. The van der Waals surface area contributed by atoms with Crippen molar-refractivity contribution in [1.82, 2.24) is 4.90 Å². The van der Waals surface area contributed by atoms with E-state index in [4.69, 9.17) is 8.92 Å². The van der Waals surface area contributed by atoms with Crippen molar-refractivity contribution in [2.75, 3.05) is 12.8 Å². The summed E-state index contributed by atoms with van der Waals surface area (Å²) >= 11 is 0. The Kier molecular flexibility index (Phi) is 4.27. The van der Waals surface area contributed by atoms with Gasteiger partial charge >= 0.3 is 6.09 Å². The molecule has 0 unspecified atom stereocenters. The lowest BCUT2D eigenvalue weighted by Gasteiger charge is -2.26. The van der Waals surface area contributed by atoms with Gasteiger partial charge in [-0.2, -0.15) is 8.42 Å². The van der Waals surface area contributed by atoms with Crippen molar-refractivity contribution in [1.29, 1.82) is 0 Å². The van der Waals surface area contributed by atoms with Crippen LogP contribution in [0.15, 0.2) is 0 Å². The minimum absolute atomic E-state index is 0.0911. The van der Waals surface area contributed by atoms with Gasteiger partial charge in [-0.15, -0.1) is 0 Å². The quantitative estimate of drug-likeness (QED) is 0.714. The molecule has 7 heteroatoms. The SMILES string of the molecule is C[C@H]1C[C@H](OS(C)(=O)=O)CN1C(=O)OC(C)(C)C. The summed E-state index contributed by atoms with van der Waals surface area (Å²) < 4.78 is 32.2. The molecule has 1 heterocycles. The summed E-state index contributed by atoms with van der Waals surface area (Å²) in [6.45, 7) is 7.45. The maximum atomic E-state index is 11.9. The molecule has 0 aliphatic carbocycles. The smallest absolute Gasteiger partial charge is 0.410 e. The topological polar surface area (TPSA) is 72.9 Å². The number of amides is 1. The summed E-state index contributed by atoms with van der Waals surface area (Å²) in [5, 5.41) is 0. The molecule has 0 N–H and O–H groups in total. The first kappa shape index (κ1) is 15.2. The van der Waals surface area contributed by atoms with Crippen molar-refractivity contribution in [3.63, 3.8) is 0 Å². The first-order chi connectivity index (χ1) is 7.98. The summed E-state index contributed by atoms with van der Waals surface area (Å²) in [5.41, 5.74) is -0.563. The second-order valence-electron chi connectivity index (χ2n) is 5.64. The summed E-state index contributed by atoms with van der Waals surface area (Å²) in [7, 11) is -3.49. The third-order valence-corrected chi connectivity index (χ3v) is 3.10. The lowest BCUT2D eigenvalue weighted by Crippen LogP contribution is -2.39. The molecule has 1 fully saturated rings. The standard InChI is InChI=1S/C11H21NO5S/c1-8-6-9(17-18(5,14)15)7-12(8)10(13)16-11(2,3)4/h8-9H,6-7H2,1-5H3/t8-,9-/m0/s1. The van der Waals surface area contributed by atoms with Crippen molar-refractivity contribution < 1.29 is 22.1 Å². The highest BCUT2D eigenvalue weighted by molar-refractivity contribution is 7.86. The molecule has 0 saturated carbocycles. The highest BCUT2D eigenvalue weighted by Crippen LogP contribution is 2.23. The molecule has 18 heavy (non-hydrogen) atoms. The minimum atomic E-state index is -3.49. The Labute approximate surface area is 108 Å². The number of ether oxygens (including phenoxy) is 1. The van der Waals surface area contributed by atoms with Gasteiger partial charge in [0.2, 0.25) is 0 Å². The Morgan fingerprint density at radius 3 is 2.33 bits per heavy atom. The first-order valence-electron chi connectivity index (χ1n) is 5.86. The van der Waals surface area contributed by atoms with E-state index in [0.717, 1.165) is 6.26 Å². The molecule has 1 aliphatic heterocycles. The Morgan fingerprint density at radius 2 is 1.89 bits per heavy atom. The molecule has 1 aliphatic rings. The molecule has 1 amide bonds. The van der Waals surface area contributed by atoms with E-state index in [1.54, 1.807) is 20.8 Å². The average molecular weight is 279 g/mol. The fraction of sp³-hybridized carbons (Fsp3) is 0.909. The minimum Gasteiger partial charge on any atom is -0.444 e. The highest BCUT2D eigenvalue weighted by atomic mass is 32.2. The first-order valence-corrected chi connectivity index (χ1v) is 7.67. The van der Waals surface area contributed by atoms with Gasteiger partial charge in [-0.25, -0.2) is 4.79 Å². The van der Waals surface area contributed by atoms with Crippen LogP contribution >= 0.6 is 0 Å². The largest absolute Gasteiger partial charge is 0.444 e. The van der Waals surface area contributed by atoms with E-state index in [1.807, 2.05) is 6.92 Å². The van der Waals surface area contributed by atoms with Crippen LogP contribution in [0.3, 0.4) is 0 Å². The molecule has 0 aromatic carbocycles. The predicted molar refractivity (Wildman–Crippen MR) is 66.7 cm³/mol. The van der Waals surface area contributed by atoms with E-state index in [2.05, 4.69) is 0 Å². The number of hydrogen-bond acceptors (Lipinski definition) is 5. The number of carbonyl (C=O) groups is 1. The number of likely N-dealkylation sites (tertiary alicyclic amines) is 1. The predicted octanol–water partition coefficient (Wildman–Crippen LogP) is 1.36. The van der Waals surface area contributed by atoms with Gasteiger partial charge in [0, 0.05) is 6.04 Å². The molecule has 1 saturated heterocycles. The van der Waals surface area contributed by atoms with Crippen molar-refractivity contribution in [2.24, 2.45) is 0 Å². The van der Waals surface area contributed by atoms with E-state index in [-0.39, 0.29) is 12.6 Å². The van der Waals surface area contributed by atoms with Crippen LogP contribution in [-0.2, 0) is 19.0 Å². The molecular weight excluding hydrogens is 258 g/mol. The third-order valence-electron chi connectivity index (χ3n) is 2.48. The van der Waals surface area contributed by atoms with E-state index < -0.39 is 27.9 Å². The van der Waals surface area contributed by atoms with Crippen molar-refractivity contribution in [3.8, 4) is 0 Å². The van der Waals surface area contributed by atoms with Gasteiger partial charge in [-0.3, -0.25) is 4.18 Å². The zero-order valence-electron chi connectivity index (χ0n) is 11.5. The van der Waals surface area contributed by atoms with Crippen molar-refractivity contribution in [3.05, 3.63) is 0 Å². The Morgan fingerprint density at radius 1 is 1.33 bits per heavy atom. The molecule has 0 aromatic heterocycles. The molecule has 0 bridgehead atoms. The van der Waals surface area contributed by atoms with Crippen LogP contribution in [0.5, 0.6) is 0 Å². The van der Waals surface area contributed by atoms with E-state index in [0.29, 0.717) is 6.42 Å². The van der Waals surface area contributed by atoms with Crippen LogP contribution in [0.4, 0.5) is 4.79 Å². The van der Waals surface area contributed by atoms with Gasteiger partial charge < -0.3 is 9.64 Å². The van der Waals surface area contributed by atoms with Gasteiger partial charge in [0.1, 0.15) is 5.60 Å². The summed E-state index contributed by atoms with van der Waals surface area (Å²) in [6, 6.07) is -0.0911. The average Bonchev–Trinajstić information content (AvgIpc) is 2.39. The third kappa shape index (κ3) is 4.81. The molecule has 0 radical (unpaired) electrons. The summed E-state index contributed by atoms with van der Waals surface area (Å²) in [4.78, 5) is 13.4. The number of hydrogen-bond donors (Lipinski definition) is 0. The van der Waals surface area contributed by atoms with E-state index in [9.17, 15) is 13.2 Å². The molecule has 1 rings (SSSR count). The zero-order valence-corrected chi connectivity index (χ0v) is 12.3. The van der Waals surface area contributed by atoms with E-state index in [1.165, 1.54) is 4.90 Å². The van der Waals surface area contributed by atoms with Crippen molar-refractivity contribution in [2.45, 2.75) is 51.9 Å².